The second-order valence-corrected chi connectivity index (χ2v) is 9.12. The van der Waals surface area contributed by atoms with Crippen molar-refractivity contribution in [1.29, 1.82) is 0 Å². The average molecular weight is 449 g/mol. The largest absolute Gasteiger partial charge is 0.226 e. The van der Waals surface area contributed by atoms with E-state index in [0.29, 0.717) is 10.8 Å². The lowest BCUT2D eigenvalue weighted by Crippen LogP contribution is -1.94. The number of thiophene rings is 1. The number of rotatable bonds is 3. The van der Waals surface area contributed by atoms with E-state index < -0.39 is 0 Å². The predicted molar refractivity (Wildman–Crippen MR) is 136 cm³/mol. The molecule has 0 aliphatic carbocycles. The van der Waals surface area contributed by atoms with Gasteiger partial charge in [0.05, 0.1) is 15.9 Å². The van der Waals surface area contributed by atoms with E-state index in [1.54, 1.807) is 11.3 Å². The van der Waals surface area contributed by atoms with E-state index in [0.717, 1.165) is 32.4 Å². The zero-order valence-electron chi connectivity index (χ0n) is 17.0. The molecule has 0 radical (unpaired) electrons. The molecule has 0 N–H and O–H groups in total. The first-order chi connectivity index (χ1) is 15.8. The van der Waals surface area contributed by atoms with Gasteiger partial charge in [-0.3, -0.25) is 0 Å². The highest BCUT2D eigenvalue weighted by Crippen LogP contribution is 2.40. The standard InChI is InChI=1S/C28H17ClN2S/c29-22-13-7-12-21(17-22)28-30-25(27-26(31-28)23-14-4-5-15-24(23)32-27)20-11-6-10-19(16-20)18-8-2-1-3-9-18/h1-17H. The van der Waals surface area contributed by atoms with E-state index in [9.17, 15) is 0 Å². The first-order valence-electron chi connectivity index (χ1n) is 10.4. The quantitative estimate of drug-likeness (QED) is 0.271. The van der Waals surface area contributed by atoms with Crippen LogP contribution in [0.25, 0.3) is 54.1 Å². The van der Waals surface area contributed by atoms with Gasteiger partial charge in [0, 0.05) is 26.2 Å². The predicted octanol–water partition coefficient (Wildman–Crippen LogP) is 8.50. The Balaban J connectivity index is 1.64. The maximum atomic E-state index is 6.28. The van der Waals surface area contributed by atoms with Gasteiger partial charge in [-0.25, -0.2) is 9.97 Å². The summed E-state index contributed by atoms with van der Waals surface area (Å²) in [5.41, 5.74) is 6.27. The lowest BCUT2D eigenvalue weighted by molar-refractivity contribution is 1.24. The number of aromatic nitrogens is 2. The van der Waals surface area contributed by atoms with Crippen LogP contribution in [0.3, 0.4) is 0 Å². The van der Waals surface area contributed by atoms with Crippen molar-refractivity contribution in [1.82, 2.24) is 9.97 Å². The highest BCUT2D eigenvalue weighted by molar-refractivity contribution is 7.26. The molecule has 6 aromatic rings. The highest BCUT2D eigenvalue weighted by atomic mass is 35.5. The molecule has 2 aromatic heterocycles. The fraction of sp³-hybridized carbons (Fsp3) is 0. The van der Waals surface area contributed by atoms with Gasteiger partial charge >= 0.3 is 0 Å². The number of benzene rings is 4. The molecule has 4 heteroatoms. The summed E-state index contributed by atoms with van der Waals surface area (Å²) in [7, 11) is 0. The molecule has 0 aliphatic rings. The van der Waals surface area contributed by atoms with Crippen molar-refractivity contribution in [3.63, 3.8) is 0 Å². The summed E-state index contributed by atoms with van der Waals surface area (Å²) < 4.78 is 2.31. The van der Waals surface area contributed by atoms with E-state index in [4.69, 9.17) is 21.6 Å². The Labute approximate surface area is 194 Å². The van der Waals surface area contributed by atoms with Gasteiger partial charge in [0.15, 0.2) is 5.82 Å². The topological polar surface area (TPSA) is 25.8 Å². The first kappa shape index (κ1) is 19.2. The fourth-order valence-electron chi connectivity index (χ4n) is 4.02. The zero-order valence-corrected chi connectivity index (χ0v) is 18.6. The summed E-state index contributed by atoms with van der Waals surface area (Å²) in [6.07, 6.45) is 0. The number of nitrogens with zero attached hydrogens (tertiary/aromatic N) is 2. The molecule has 0 saturated carbocycles. The zero-order chi connectivity index (χ0) is 21.5. The molecule has 2 heterocycles. The number of halogens is 1. The Morgan fingerprint density at radius 2 is 1.31 bits per heavy atom. The van der Waals surface area contributed by atoms with Gasteiger partial charge < -0.3 is 0 Å². The molecule has 4 aromatic carbocycles. The van der Waals surface area contributed by atoms with Crippen LogP contribution in [-0.2, 0) is 0 Å². The SMILES string of the molecule is Clc1cccc(-c2nc(-c3cccc(-c4ccccc4)c3)c3sc4ccccc4c3n2)c1. The van der Waals surface area contributed by atoms with Crippen LogP contribution in [0.5, 0.6) is 0 Å². The number of fused-ring (bicyclic) bond motifs is 3. The first-order valence-corrected chi connectivity index (χ1v) is 11.6. The summed E-state index contributed by atoms with van der Waals surface area (Å²) >= 11 is 8.02. The van der Waals surface area contributed by atoms with Gasteiger partial charge in [0.2, 0.25) is 0 Å². The molecule has 0 atom stereocenters. The van der Waals surface area contributed by atoms with Crippen molar-refractivity contribution in [2.75, 3.05) is 0 Å². The van der Waals surface area contributed by atoms with E-state index in [-0.39, 0.29) is 0 Å². The van der Waals surface area contributed by atoms with Gasteiger partial charge in [-0.15, -0.1) is 11.3 Å². The minimum Gasteiger partial charge on any atom is -0.226 e. The summed E-state index contributed by atoms with van der Waals surface area (Å²) in [5.74, 6) is 0.684. The van der Waals surface area contributed by atoms with Crippen LogP contribution in [0.1, 0.15) is 0 Å². The second-order valence-electron chi connectivity index (χ2n) is 7.63. The van der Waals surface area contributed by atoms with Crippen LogP contribution in [0.2, 0.25) is 5.02 Å². The van der Waals surface area contributed by atoms with Crippen molar-refractivity contribution >= 4 is 43.2 Å². The van der Waals surface area contributed by atoms with Crippen molar-refractivity contribution in [2.24, 2.45) is 0 Å². The van der Waals surface area contributed by atoms with E-state index >= 15 is 0 Å². The van der Waals surface area contributed by atoms with Crippen LogP contribution in [-0.4, -0.2) is 9.97 Å². The van der Waals surface area contributed by atoms with Gasteiger partial charge in [-0.05, 0) is 35.4 Å². The maximum absolute atomic E-state index is 6.28. The molecule has 0 unspecified atom stereocenters. The summed E-state index contributed by atoms with van der Waals surface area (Å²) in [6, 6.07) is 35.1. The molecule has 0 saturated heterocycles. The van der Waals surface area contributed by atoms with E-state index in [1.807, 2.05) is 30.3 Å². The van der Waals surface area contributed by atoms with Gasteiger partial charge in [-0.2, -0.15) is 0 Å². The van der Waals surface area contributed by atoms with E-state index in [1.165, 1.54) is 15.8 Å². The molecule has 0 spiro atoms. The lowest BCUT2D eigenvalue weighted by Gasteiger charge is -2.09. The molecule has 32 heavy (non-hydrogen) atoms. The fourth-order valence-corrected chi connectivity index (χ4v) is 5.36. The Hall–Kier alpha value is -3.53. The van der Waals surface area contributed by atoms with Crippen LogP contribution >= 0.6 is 22.9 Å². The molecule has 2 nitrogen and oxygen atoms in total. The van der Waals surface area contributed by atoms with Gasteiger partial charge in [-0.1, -0.05) is 90.5 Å². The lowest BCUT2D eigenvalue weighted by atomic mass is 10.0. The van der Waals surface area contributed by atoms with Crippen LogP contribution in [0.4, 0.5) is 0 Å². The Morgan fingerprint density at radius 3 is 2.19 bits per heavy atom. The third kappa shape index (κ3) is 3.36. The van der Waals surface area contributed by atoms with Crippen LogP contribution in [0.15, 0.2) is 103 Å². The average Bonchev–Trinajstić information content (AvgIpc) is 3.23. The van der Waals surface area contributed by atoms with Crippen molar-refractivity contribution < 1.29 is 0 Å². The molecular weight excluding hydrogens is 432 g/mol. The van der Waals surface area contributed by atoms with Crippen molar-refractivity contribution in [3.05, 3.63) is 108 Å². The van der Waals surface area contributed by atoms with Gasteiger partial charge in [0.25, 0.3) is 0 Å². The van der Waals surface area contributed by atoms with E-state index in [2.05, 4.69) is 72.8 Å². The minimum atomic E-state index is 0.675. The summed E-state index contributed by atoms with van der Waals surface area (Å²) in [6.45, 7) is 0. The van der Waals surface area contributed by atoms with Crippen LogP contribution in [0, 0.1) is 0 Å². The van der Waals surface area contributed by atoms with Crippen molar-refractivity contribution in [2.45, 2.75) is 0 Å². The Kier molecular flexibility index (Phi) is 4.71. The normalized spacial score (nSPS) is 11.3. The number of hydrogen-bond donors (Lipinski definition) is 0. The smallest absolute Gasteiger partial charge is 0.160 e. The van der Waals surface area contributed by atoms with Crippen LogP contribution < -0.4 is 0 Å². The number of hydrogen-bond acceptors (Lipinski definition) is 3. The molecule has 0 aliphatic heterocycles. The molecule has 0 fully saturated rings. The monoisotopic (exact) mass is 448 g/mol. The highest BCUT2D eigenvalue weighted by Gasteiger charge is 2.17. The Bertz CT molecular complexity index is 1590. The third-order valence-electron chi connectivity index (χ3n) is 5.55. The Morgan fingerprint density at radius 1 is 0.594 bits per heavy atom. The molecule has 152 valence electrons. The molecule has 6 rings (SSSR count). The molecular formula is C28H17ClN2S. The second kappa shape index (κ2) is 7.86. The molecule has 0 bridgehead atoms. The van der Waals surface area contributed by atoms with Gasteiger partial charge in [0.1, 0.15) is 0 Å². The molecule has 0 amide bonds. The minimum absolute atomic E-state index is 0.675. The van der Waals surface area contributed by atoms with Crippen molar-refractivity contribution in [3.8, 4) is 33.8 Å². The third-order valence-corrected chi connectivity index (χ3v) is 6.95. The maximum Gasteiger partial charge on any atom is 0.160 e. The summed E-state index contributed by atoms with van der Waals surface area (Å²) in [4.78, 5) is 10.0. The summed E-state index contributed by atoms with van der Waals surface area (Å²) in [5, 5.41) is 1.83.